The number of pyridine rings is 1. The normalized spacial score (nSPS) is 16.5. The number of thioether (sulfide) groups is 1. The van der Waals surface area contributed by atoms with Crippen LogP contribution in [0.5, 0.6) is 0 Å². The van der Waals surface area contributed by atoms with Crippen molar-refractivity contribution in [1.82, 2.24) is 24.1 Å². The average Bonchev–Trinajstić information content (AvgIpc) is 3.11. The van der Waals surface area contributed by atoms with Gasteiger partial charge in [-0.3, -0.25) is 0 Å². The molecular weight excluding hydrogens is 387 g/mol. The Bertz CT molecular complexity index is 1050. The largest absolute Gasteiger partial charge is 0.433 e. The highest BCUT2D eigenvalue weighted by atomic mass is 32.2. The number of hydrogen-bond acceptors (Lipinski definition) is 4. The second-order valence-corrected chi connectivity index (χ2v) is 9.16. The lowest BCUT2D eigenvalue weighted by atomic mass is 9.83. The molecule has 0 atom stereocenters. The molecule has 28 heavy (non-hydrogen) atoms. The molecular formula is C19H22F3N5S. The molecule has 5 nitrogen and oxygen atoms in total. The standard InChI is InChI=1S/C19H22F3N5S/c1-5-28-17-15(25-14-9-18(2,3)6-7-27(14)17)16-24-11-8-13(19(20,21)22)23-10-12(11)26(16)4/h8,10H,5-7,9H2,1-4H3. The molecule has 0 fully saturated rings. The molecule has 0 aromatic carbocycles. The van der Waals surface area contributed by atoms with Gasteiger partial charge >= 0.3 is 6.18 Å². The number of hydrogen-bond donors (Lipinski definition) is 0. The number of fused-ring (bicyclic) bond motifs is 2. The molecule has 4 heterocycles. The minimum absolute atomic E-state index is 0.185. The van der Waals surface area contributed by atoms with Gasteiger partial charge in [0.1, 0.15) is 22.2 Å². The van der Waals surface area contributed by atoms with Gasteiger partial charge in [0.15, 0.2) is 5.82 Å². The van der Waals surface area contributed by atoms with E-state index in [1.807, 2.05) is 0 Å². The second-order valence-electron chi connectivity index (χ2n) is 7.91. The quantitative estimate of drug-likeness (QED) is 0.575. The summed E-state index contributed by atoms with van der Waals surface area (Å²) < 4.78 is 43.1. The van der Waals surface area contributed by atoms with Crippen LogP contribution in [0, 0.1) is 5.41 Å². The van der Waals surface area contributed by atoms with Gasteiger partial charge in [0.05, 0.1) is 17.2 Å². The summed E-state index contributed by atoms with van der Waals surface area (Å²) in [6, 6.07) is 1.00. The van der Waals surface area contributed by atoms with Crippen LogP contribution in [0.3, 0.4) is 0 Å². The number of aromatic nitrogens is 5. The highest BCUT2D eigenvalue weighted by molar-refractivity contribution is 7.99. The molecule has 4 rings (SSSR count). The first-order chi connectivity index (χ1) is 13.1. The van der Waals surface area contributed by atoms with Gasteiger partial charge in [0.2, 0.25) is 0 Å². The van der Waals surface area contributed by atoms with Crippen molar-refractivity contribution in [2.75, 3.05) is 5.75 Å². The van der Waals surface area contributed by atoms with Crippen molar-refractivity contribution >= 4 is 22.8 Å². The first-order valence-corrected chi connectivity index (χ1v) is 10.2. The molecule has 1 aliphatic heterocycles. The van der Waals surface area contributed by atoms with Crippen LogP contribution in [0.15, 0.2) is 17.3 Å². The third-order valence-corrected chi connectivity index (χ3v) is 6.18. The van der Waals surface area contributed by atoms with E-state index in [0.717, 1.165) is 47.7 Å². The van der Waals surface area contributed by atoms with Gasteiger partial charge in [0, 0.05) is 20.0 Å². The number of halogens is 3. The van der Waals surface area contributed by atoms with Crippen LogP contribution in [-0.2, 0) is 26.2 Å². The van der Waals surface area contributed by atoms with E-state index < -0.39 is 11.9 Å². The van der Waals surface area contributed by atoms with Crippen LogP contribution in [0.1, 0.15) is 38.7 Å². The molecule has 0 N–H and O–H groups in total. The minimum Gasteiger partial charge on any atom is -0.324 e. The van der Waals surface area contributed by atoms with Gasteiger partial charge in [-0.2, -0.15) is 13.2 Å². The third-order valence-electron chi connectivity index (χ3n) is 5.20. The Balaban J connectivity index is 1.88. The third kappa shape index (κ3) is 3.19. The van der Waals surface area contributed by atoms with Gasteiger partial charge in [-0.15, -0.1) is 11.8 Å². The zero-order valence-electron chi connectivity index (χ0n) is 16.3. The maximum atomic E-state index is 13.0. The zero-order chi connectivity index (χ0) is 20.3. The smallest absolute Gasteiger partial charge is 0.324 e. The molecule has 0 bridgehead atoms. The number of alkyl halides is 3. The monoisotopic (exact) mass is 409 g/mol. The first-order valence-electron chi connectivity index (χ1n) is 9.23. The number of nitrogens with zero attached hydrogens (tertiary/aromatic N) is 5. The fourth-order valence-electron chi connectivity index (χ4n) is 3.66. The van der Waals surface area contributed by atoms with E-state index in [9.17, 15) is 13.2 Å². The number of imidazole rings is 2. The van der Waals surface area contributed by atoms with Gasteiger partial charge in [0.25, 0.3) is 0 Å². The van der Waals surface area contributed by atoms with Crippen LogP contribution in [0.4, 0.5) is 13.2 Å². The molecule has 0 saturated heterocycles. The summed E-state index contributed by atoms with van der Waals surface area (Å²) in [6.07, 6.45) is -1.32. The van der Waals surface area contributed by atoms with E-state index in [0.29, 0.717) is 11.3 Å². The Morgan fingerprint density at radius 1 is 1.25 bits per heavy atom. The lowest BCUT2D eigenvalue weighted by Gasteiger charge is -2.30. The van der Waals surface area contributed by atoms with Crippen LogP contribution < -0.4 is 0 Å². The fourth-order valence-corrected chi connectivity index (χ4v) is 4.56. The number of aryl methyl sites for hydroxylation is 1. The molecule has 0 radical (unpaired) electrons. The van der Waals surface area contributed by atoms with Crippen LogP contribution in [-0.4, -0.2) is 29.8 Å². The Hall–Kier alpha value is -2.03. The predicted molar refractivity (Wildman–Crippen MR) is 103 cm³/mol. The zero-order valence-corrected chi connectivity index (χ0v) is 17.1. The van der Waals surface area contributed by atoms with Crippen molar-refractivity contribution in [3.63, 3.8) is 0 Å². The lowest BCUT2D eigenvalue weighted by Crippen LogP contribution is -2.26. The van der Waals surface area contributed by atoms with Crippen molar-refractivity contribution < 1.29 is 13.2 Å². The van der Waals surface area contributed by atoms with Crippen molar-refractivity contribution in [2.24, 2.45) is 12.5 Å². The van der Waals surface area contributed by atoms with Gasteiger partial charge in [-0.25, -0.2) is 15.0 Å². The molecule has 3 aromatic heterocycles. The summed E-state index contributed by atoms with van der Waals surface area (Å²) >= 11 is 1.70. The van der Waals surface area contributed by atoms with E-state index >= 15 is 0 Å². The van der Waals surface area contributed by atoms with Gasteiger partial charge in [-0.1, -0.05) is 20.8 Å². The first kappa shape index (κ1) is 19.3. The lowest BCUT2D eigenvalue weighted by molar-refractivity contribution is -0.141. The maximum Gasteiger partial charge on any atom is 0.433 e. The summed E-state index contributed by atoms with van der Waals surface area (Å²) in [6.45, 7) is 7.44. The Morgan fingerprint density at radius 2 is 2.00 bits per heavy atom. The Kier molecular flexibility index (Phi) is 4.48. The second kappa shape index (κ2) is 6.50. The fraction of sp³-hybridized carbons (Fsp3) is 0.526. The van der Waals surface area contributed by atoms with Crippen LogP contribution >= 0.6 is 11.8 Å². The Labute approximate surface area is 165 Å². The average molecular weight is 409 g/mol. The molecule has 0 saturated carbocycles. The van der Waals surface area contributed by atoms with Crippen LogP contribution in [0.2, 0.25) is 0 Å². The SMILES string of the molecule is CCSc1c(-c2nc3cc(C(F)(F)F)ncc3n2C)nc2n1CCC(C)(C)C2. The Morgan fingerprint density at radius 3 is 2.68 bits per heavy atom. The molecule has 1 aliphatic rings. The molecule has 9 heteroatoms. The maximum absolute atomic E-state index is 13.0. The van der Waals surface area contributed by atoms with Crippen molar-refractivity contribution in [3.05, 3.63) is 23.8 Å². The summed E-state index contributed by atoms with van der Waals surface area (Å²) in [5, 5.41) is 1.04. The van der Waals surface area contributed by atoms with E-state index in [1.54, 1.807) is 23.4 Å². The summed E-state index contributed by atoms with van der Waals surface area (Å²) in [5.74, 6) is 2.47. The highest BCUT2D eigenvalue weighted by Crippen LogP contribution is 2.39. The van der Waals surface area contributed by atoms with Crippen molar-refractivity contribution in [2.45, 2.75) is 51.4 Å². The van der Waals surface area contributed by atoms with Crippen LogP contribution in [0.25, 0.3) is 22.6 Å². The van der Waals surface area contributed by atoms with Crippen molar-refractivity contribution in [1.29, 1.82) is 0 Å². The number of rotatable bonds is 3. The van der Waals surface area contributed by atoms with E-state index in [1.165, 1.54) is 6.20 Å². The molecule has 3 aromatic rings. The summed E-state index contributed by atoms with van der Waals surface area (Å²) in [5.41, 5.74) is 0.829. The van der Waals surface area contributed by atoms with Crippen molar-refractivity contribution in [3.8, 4) is 11.5 Å². The molecule has 0 aliphatic carbocycles. The van der Waals surface area contributed by atoms with E-state index in [4.69, 9.17) is 4.98 Å². The molecule has 0 amide bonds. The minimum atomic E-state index is -4.49. The molecule has 150 valence electrons. The molecule has 0 unspecified atom stereocenters. The molecule has 0 spiro atoms. The van der Waals surface area contributed by atoms with E-state index in [2.05, 4.69) is 35.3 Å². The predicted octanol–water partition coefficient (Wildman–Crippen LogP) is 4.94. The topological polar surface area (TPSA) is 48.5 Å². The summed E-state index contributed by atoms with van der Waals surface area (Å²) in [7, 11) is 1.79. The highest BCUT2D eigenvalue weighted by Gasteiger charge is 2.34. The summed E-state index contributed by atoms with van der Waals surface area (Å²) in [4.78, 5) is 13.0. The van der Waals surface area contributed by atoms with Gasteiger partial charge < -0.3 is 9.13 Å². The van der Waals surface area contributed by atoms with Gasteiger partial charge in [-0.05, 0) is 23.7 Å². The van der Waals surface area contributed by atoms with E-state index in [-0.39, 0.29) is 10.9 Å².